The number of unbranched alkanes of at least 4 members (excludes halogenated alkanes) is 8. The van der Waals surface area contributed by atoms with E-state index in [4.69, 9.17) is 0 Å². The van der Waals surface area contributed by atoms with Crippen molar-refractivity contribution in [1.82, 2.24) is 0 Å². The molecule has 1 heteroatoms. The predicted octanol–water partition coefficient (Wildman–Crippen LogP) is 3.57. The van der Waals surface area contributed by atoms with Gasteiger partial charge in [0.25, 0.3) is 0 Å². The van der Waals surface area contributed by atoms with E-state index in [1.54, 1.807) is 0 Å². The van der Waals surface area contributed by atoms with Crippen molar-refractivity contribution in [2.75, 3.05) is 0 Å². The van der Waals surface area contributed by atoms with E-state index < -0.39 is 0 Å². The lowest BCUT2D eigenvalue weighted by Gasteiger charge is -1.99. The lowest BCUT2D eigenvalue weighted by Crippen LogP contribution is -1.80. The molecule has 0 aliphatic heterocycles. The zero-order valence-electron chi connectivity index (χ0n) is 9.07. The lowest BCUT2D eigenvalue weighted by atomic mass is 10.1. The molecule has 0 radical (unpaired) electrons. The summed E-state index contributed by atoms with van der Waals surface area (Å²) in [5.41, 5.74) is 0. The smallest absolute Gasteiger partial charge is 0.101 e. The molecule has 0 heterocycles. The minimum atomic E-state index is 1.38. The van der Waals surface area contributed by atoms with Crippen molar-refractivity contribution in [2.45, 2.75) is 70.0 Å². The molecule has 0 unspecified atom stereocenters. The average molecular weight is 184 g/mol. The van der Waals surface area contributed by atoms with Gasteiger partial charge in [-0.3, -0.25) is 0 Å². The van der Waals surface area contributed by atoms with Crippen molar-refractivity contribution in [3.05, 3.63) is 0 Å². The van der Waals surface area contributed by atoms with Crippen molar-refractivity contribution in [1.29, 1.82) is 0 Å². The molecule has 0 amide bonds. The van der Waals surface area contributed by atoms with Gasteiger partial charge < -0.3 is 0 Å². The topological polar surface area (TPSA) is 0 Å². The van der Waals surface area contributed by atoms with E-state index in [0.29, 0.717) is 0 Å². The van der Waals surface area contributed by atoms with Gasteiger partial charge >= 0.3 is 0 Å². The van der Waals surface area contributed by atoms with E-state index in [1.165, 1.54) is 79.4 Å². The summed E-state index contributed by atoms with van der Waals surface area (Å²) in [4.78, 5) is 0. The summed E-state index contributed by atoms with van der Waals surface area (Å²) in [7, 11) is 0. The highest BCUT2D eigenvalue weighted by atomic mass is 27.0. The van der Waals surface area contributed by atoms with Crippen molar-refractivity contribution in [3.8, 4) is 0 Å². The Morgan fingerprint density at radius 3 is 1.50 bits per heavy atom. The second-order valence-corrected chi connectivity index (χ2v) is 4.83. The molecule has 0 N–H and O–H groups in total. The molecule has 0 aliphatic rings. The molecule has 0 saturated heterocycles. The van der Waals surface area contributed by atoms with Crippen LogP contribution in [0, 0.1) is 0 Å². The third-order valence-corrected chi connectivity index (χ3v) is 3.16. The quantitative estimate of drug-likeness (QED) is 0.379. The van der Waals surface area contributed by atoms with Crippen LogP contribution in [-0.4, -0.2) is 16.3 Å². The predicted molar refractivity (Wildman–Crippen MR) is 60.6 cm³/mol. The summed E-state index contributed by atoms with van der Waals surface area (Å²) in [5, 5.41) is 1.51. The minimum Gasteiger partial charge on any atom is -0.101 e. The van der Waals surface area contributed by atoms with Crippen molar-refractivity contribution >= 4 is 16.3 Å². The first-order valence-corrected chi connectivity index (χ1v) is 7.33. The molecule has 0 bridgehead atoms. The van der Waals surface area contributed by atoms with Crippen LogP contribution in [0.2, 0.25) is 5.28 Å². The van der Waals surface area contributed by atoms with Gasteiger partial charge in [0.2, 0.25) is 16.3 Å². The van der Waals surface area contributed by atoms with Crippen LogP contribution in [-0.2, 0) is 0 Å². The third kappa shape index (κ3) is 10.5. The van der Waals surface area contributed by atoms with E-state index >= 15 is 0 Å². The monoisotopic (exact) mass is 184 g/mol. The average Bonchev–Trinajstić information content (AvgIpc) is 2.10. The standard InChI is InChI=1S/C11H23.Al.2H/c1-3-5-7-9-11-10-8-6-4-2;;;/h1,3-11H2,2H3;;;. The molecule has 0 nitrogen and oxygen atoms in total. The Morgan fingerprint density at radius 2 is 1.08 bits per heavy atom. The van der Waals surface area contributed by atoms with E-state index in [2.05, 4.69) is 6.92 Å². The summed E-state index contributed by atoms with van der Waals surface area (Å²) in [6, 6.07) is 0. The molecular formula is C11H25Al. The van der Waals surface area contributed by atoms with E-state index in [0.717, 1.165) is 0 Å². The molecule has 0 fully saturated rings. The zero-order chi connectivity index (χ0) is 9.07. The molecule has 0 aromatic rings. The fraction of sp³-hybridized carbons (Fsp3) is 1.00. The third-order valence-electron chi connectivity index (χ3n) is 2.46. The molecule has 72 valence electrons. The van der Waals surface area contributed by atoms with Crippen LogP contribution < -0.4 is 0 Å². The van der Waals surface area contributed by atoms with Crippen LogP contribution in [0.3, 0.4) is 0 Å². The summed E-state index contributed by atoms with van der Waals surface area (Å²) in [5.74, 6) is 0. The van der Waals surface area contributed by atoms with Gasteiger partial charge in [-0.05, 0) is 0 Å². The Bertz CT molecular complexity index is 61.4. The van der Waals surface area contributed by atoms with Crippen molar-refractivity contribution in [2.24, 2.45) is 0 Å². The van der Waals surface area contributed by atoms with E-state index in [-0.39, 0.29) is 0 Å². The zero-order valence-corrected chi connectivity index (χ0v) is 11.1. The molecular weight excluding hydrogens is 159 g/mol. The summed E-state index contributed by atoms with van der Waals surface area (Å²) in [6.45, 7) is 2.28. The van der Waals surface area contributed by atoms with Crippen LogP contribution in [0.4, 0.5) is 0 Å². The van der Waals surface area contributed by atoms with Crippen LogP contribution in [0.5, 0.6) is 0 Å². The Kier molecular flexibility index (Phi) is 12.0. The fourth-order valence-electron chi connectivity index (χ4n) is 1.56. The molecule has 0 atom stereocenters. The summed E-state index contributed by atoms with van der Waals surface area (Å²) in [6.07, 6.45) is 13.2. The minimum absolute atomic E-state index is 1.38. The first-order valence-electron chi connectivity index (χ1n) is 5.91. The second-order valence-electron chi connectivity index (χ2n) is 3.83. The Labute approximate surface area is 86.6 Å². The van der Waals surface area contributed by atoms with Gasteiger partial charge in [-0.1, -0.05) is 64.7 Å². The number of hydrogen-bond acceptors (Lipinski definition) is 0. The largest absolute Gasteiger partial charge is 0.211 e. The van der Waals surface area contributed by atoms with Gasteiger partial charge in [-0.25, -0.2) is 0 Å². The van der Waals surface area contributed by atoms with Gasteiger partial charge in [0.15, 0.2) is 0 Å². The Morgan fingerprint density at radius 1 is 0.667 bits per heavy atom. The highest BCUT2D eigenvalue weighted by Gasteiger charge is 1.90. The van der Waals surface area contributed by atoms with Crippen LogP contribution >= 0.6 is 0 Å². The Hall–Kier alpha value is 0.532. The van der Waals surface area contributed by atoms with Crippen LogP contribution in [0.25, 0.3) is 0 Å². The maximum Gasteiger partial charge on any atom is 0.211 e. The lowest BCUT2D eigenvalue weighted by molar-refractivity contribution is 0.572. The second kappa shape index (κ2) is 11.5. The first-order chi connectivity index (χ1) is 5.91. The van der Waals surface area contributed by atoms with Gasteiger partial charge in [0, 0.05) is 0 Å². The molecule has 0 saturated carbocycles. The maximum atomic E-state index is 2.28. The molecule has 0 aromatic heterocycles. The van der Waals surface area contributed by atoms with Crippen molar-refractivity contribution < 1.29 is 0 Å². The molecule has 0 aliphatic carbocycles. The normalized spacial score (nSPS) is 10.4. The van der Waals surface area contributed by atoms with Gasteiger partial charge in [0.05, 0.1) is 0 Å². The van der Waals surface area contributed by atoms with E-state index in [1.807, 2.05) is 0 Å². The SMILES string of the molecule is CCCCCCCCCC[CH2][AlH2]. The summed E-state index contributed by atoms with van der Waals surface area (Å²) < 4.78 is 0. The van der Waals surface area contributed by atoms with Crippen LogP contribution in [0.15, 0.2) is 0 Å². The maximum absolute atomic E-state index is 2.28. The van der Waals surface area contributed by atoms with Crippen LogP contribution in [0.1, 0.15) is 64.7 Å². The van der Waals surface area contributed by atoms with Gasteiger partial charge in [-0.15, -0.1) is 5.28 Å². The first kappa shape index (κ1) is 12.5. The molecule has 12 heavy (non-hydrogen) atoms. The van der Waals surface area contributed by atoms with Crippen molar-refractivity contribution in [3.63, 3.8) is 0 Å². The highest BCUT2D eigenvalue weighted by Crippen LogP contribution is 2.09. The Balaban J connectivity index is 2.73. The highest BCUT2D eigenvalue weighted by molar-refractivity contribution is 6.08. The molecule has 0 aromatic carbocycles. The summed E-state index contributed by atoms with van der Waals surface area (Å²) >= 11 is 1.41. The van der Waals surface area contributed by atoms with Gasteiger partial charge in [0.1, 0.15) is 0 Å². The number of rotatable bonds is 9. The van der Waals surface area contributed by atoms with E-state index in [9.17, 15) is 0 Å². The molecule has 0 spiro atoms. The number of hydrogen-bond donors (Lipinski definition) is 0. The van der Waals surface area contributed by atoms with Gasteiger partial charge in [-0.2, -0.15) is 0 Å². The molecule has 0 rings (SSSR count). The fourth-order valence-corrected chi connectivity index (χ4v) is 2.06.